The van der Waals surface area contributed by atoms with Crippen molar-refractivity contribution in [1.82, 2.24) is 0 Å². The molecule has 0 aromatic heterocycles. The molecule has 178 valence electrons. The average molecular weight is 471 g/mol. The van der Waals surface area contributed by atoms with Crippen LogP contribution in [-0.4, -0.2) is 18.7 Å². The highest BCUT2D eigenvalue weighted by atomic mass is 16.7. The van der Waals surface area contributed by atoms with Crippen LogP contribution in [0, 0.1) is 0 Å². The molecule has 0 aliphatic carbocycles. The molecule has 0 aliphatic heterocycles. The van der Waals surface area contributed by atoms with Crippen LogP contribution in [0.1, 0.15) is 15.9 Å². The Kier molecular flexibility index (Phi) is 6.92. The second kappa shape index (κ2) is 10.4. The Labute approximate surface area is 203 Å². The van der Waals surface area contributed by atoms with Gasteiger partial charge in [-0.15, -0.1) is 0 Å². The van der Waals surface area contributed by atoms with Crippen LogP contribution in [0.5, 0.6) is 17.2 Å². The average Bonchev–Trinajstić information content (AvgIpc) is 2.84. The van der Waals surface area contributed by atoms with Crippen LogP contribution in [0.15, 0.2) is 91.0 Å². The minimum atomic E-state index is -0.896. The molecule has 0 saturated carbocycles. The van der Waals surface area contributed by atoms with Crippen molar-refractivity contribution in [1.29, 1.82) is 0 Å². The summed E-state index contributed by atoms with van der Waals surface area (Å²) >= 11 is 0. The lowest BCUT2D eigenvalue weighted by atomic mass is 10.0. The van der Waals surface area contributed by atoms with E-state index < -0.39 is 6.29 Å². The fraction of sp³-hybridized carbons (Fsp3) is 0.0741. The molecule has 4 rings (SSSR count). The second-order valence-corrected chi connectivity index (χ2v) is 7.83. The zero-order valence-electron chi connectivity index (χ0n) is 18.9. The fourth-order valence-electron chi connectivity index (χ4n) is 3.40. The van der Waals surface area contributed by atoms with Crippen molar-refractivity contribution in [2.45, 2.75) is 6.29 Å². The summed E-state index contributed by atoms with van der Waals surface area (Å²) in [5.41, 5.74) is 26.5. The summed E-state index contributed by atoms with van der Waals surface area (Å²) < 4.78 is 17.8. The van der Waals surface area contributed by atoms with Gasteiger partial charge in [-0.25, -0.2) is 0 Å². The van der Waals surface area contributed by atoms with Gasteiger partial charge in [0.15, 0.2) is 12.4 Å². The van der Waals surface area contributed by atoms with E-state index in [1.165, 1.54) is 0 Å². The summed E-state index contributed by atoms with van der Waals surface area (Å²) in [7, 11) is 0. The van der Waals surface area contributed by atoms with E-state index in [0.29, 0.717) is 51.1 Å². The number of ether oxygens (including phenoxy) is 3. The first-order valence-corrected chi connectivity index (χ1v) is 10.8. The van der Waals surface area contributed by atoms with Crippen LogP contribution in [0.25, 0.3) is 0 Å². The Bertz CT molecular complexity index is 1290. The largest absolute Gasteiger partial charge is 0.486 e. The lowest BCUT2D eigenvalue weighted by Gasteiger charge is -2.22. The zero-order chi connectivity index (χ0) is 24.8. The monoisotopic (exact) mass is 470 g/mol. The zero-order valence-corrected chi connectivity index (χ0v) is 18.9. The minimum absolute atomic E-state index is 0.00446. The first-order chi connectivity index (χ1) is 16.9. The summed E-state index contributed by atoms with van der Waals surface area (Å²) in [4.78, 5) is 12.6. The van der Waals surface area contributed by atoms with Gasteiger partial charge in [0.05, 0.1) is 5.69 Å². The van der Waals surface area contributed by atoms with Gasteiger partial charge in [0, 0.05) is 40.3 Å². The first-order valence-electron chi connectivity index (χ1n) is 10.8. The summed E-state index contributed by atoms with van der Waals surface area (Å²) in [5, 5.41) is 0. The third-order valence-electron chi connectivity index (χ3n) is 5.05. The molecular formula is C27H26N4O4. The van der Waals surface area contributed by atoms with Gasteiger partial charge in [0.25, 0.3) is 6.29 Å². The molecule has 0 fully saturated rings. The number of hydrogen-bond donors (Lipinski definition) is 4. The Hall–Kier alpha value is -4.85. The molecular weight excluding hydrogens is 444 g/mol. The van der Waals surface area contributed by atoms with E-state index in [1.807, 2.05) is 18.2 Å². The van der Waals surface area contributed by atoms with Gasteiger partial charge in [-0.1, -0.05) is 30.3 Å². The van der Waals surface area contributed by atoms with Gasteiger partial charge in [-0.2, -0.15) is 0 Å². The quantitative estimate of drug-likeness (QED) is 0.162. The number of ketones is 1. The summed E-state index contributed by atoms with van der Waals surface area (Å²) in [5.74, 6) is 1.26. The molecule has 1 atom stereocenters. The highest BCUT2D eigenvalue weighted by molar-refractivity contribution is 6.08. The first kappa shape index (κ1) is 23.3. The van der Waals surface area contributed by atoms with E-state index in [2.05, 4.69) is 0 Å². The number of nitrogen functional groups attached to an aromatic ring is 4. The van der Waals surface area contributed by atoms with Gasteiger partial charge < -0.3 is 37.1 Å². The molecule has 0 heterocycles. The number of hydrogen-bond acceptors (Lipinski definition) is 8. The van der Waals surface area contributed by atoms with Gasteiger partial charge in [-0.3, -0.25) is 4.79 Å². The third-order valence-corrected chi connectivity index (χ3v) is 5.05. The molecule has 0 bridgehead atoms. The van der Waals surface area contributed by atoms with Gasteiger partial charge in [0.2, 0.25) is 0 Å². The molecule has 8 heteroatoms. The van der Waals surface area contributed by atoms with E-state index in [-0.39, 0.29) is 12.4 Å². The normalized spacial score (nSPS) is 11.4. The van der Waals surface area contributed by atoms with E-state index in [1.54, 1.807) is 72.8 Å². The molecule has 1 unspecified atom stereocenters. The van der Waals surface area contributed by atoms with Crippen LogP contribution in [0.4, 0.5) is 22.7 Å². The van der Waals surface area contributed by atoms with E-state index in [9.17, 15) is 4.79 Å². The summed E-state index contributed by atoms with van der Waals surface area (Å²) in [6, 6.07) is 25.7. The van der Waals surface area contributed by atoms with Crippen molar-refractivity contribution in [2.24, 2.45) is 0 Å². The minimum Gasteiger partial charge on any atom is -0.486 e. The number of nitrogens with two attached hydrogens (primary N) is 4. The predicted molar refractivity (Wildman–Crippen MR) is 137 cm³/mol. The highest BCUT2D eigenvalue weighted by Gasteiger charge is 2.17. The van der Waals surface area contributed by atoms with E-state index in [4.69, 9.17) is 37.1 Å². The van der Waals surface area contributed by atoms with Gasteiger partial charge >= 0.3 is 0 Å². The van der Waals surface area contributed by atoms with E-state index in [0.717, 1.165) is 0 Å². The molecule has 0 amide bonds. The van der Waals surface area contributed by atoms with Crippen LogP contribution < -0.4 is 37.1 Å². The SMILES string of the molecule is Nc1cc(N)cc(OC(COc2ccc(C(=O)c3ccccc3)cc2)Oc2ccc(N)cc2N)c1. The van der Waals surface area contributed by atoms with Crippen LogP contribution >= 0.6 is 0 Å². The van der Waals surface area contributed by atoms with E-state index >= 15 is 0 Å². The molecule has 0 aliphatic rings. The maximum Gasteiger partial charge on any atom is 0.274 e. The van der Waals surface area contributed by atoms with Crippen molar-refractivity contribution >= 4 is 28.5 Å². The fourth-order valence-corrected chi connectivity index (χ4v) is 3.40. The summed E-state index contributed by atoms with van der Waals surface area (Å²) in [6.45, 7) is 0.00446. The maximum absolute atomic E-state index is 12.6. The molecule has 8 N–H and O–H groups in total. The standard InChI is InChI=1S/C27H26N4O4/c28-19-8-11-25(24(31)15-19)35-26(34-23-13-20(29)12-21(30)14-23)16-33-22-9-6-18(7-10-22)27(32)17-4-2-1-3-5-17/h1-15,26H,16,28-31H2. The van der Waals surface area contributed by atoms with Crippen LogP contribution in [-0.2, 0) is 0 Å². The molecule has 0 saturated heterocycles. The number of rotatable bonds is 9. The maximum atomic E-state index is 12.6. The van der Waals surface area contributed by atoms with Crippen LogP contribution in [0.3, 0.4) is 0 Å². The van der Waals surface area contributed by atoms with Gasteiger partial charge in [0.1, 0.15) is 17.2 Å². The predicted octanol–water partition coefficient (Wildman–Crippen LogP) is 4.11. The number of anilines is 4. The molecule has 0 spiro atoms. The highest BCUT2D eigenvalue weighted by Crippen LogP contribution is 2.27. The molecule has 35 heavy (non-hydrogen) atoms. The molecule has 0 radical (unpaired) electrons. The molecule has 8 nitrogen and oxygen atoms in total. The second-order valence-electron chi connectivity index (χ2n) is 7.83. The van der Waals surface area contributed by atoms with Crippen molar-refractivity contribution in [3.05, 3.63) is 102 Å². The molecule has 4 aromatic carbocycles. The smallest absolute Gasteiger partial charge is 0.274 e. The summed E-state index contributed by atoms with van der Waals surface area (Å²) in [6.07, 6.45) is -0.896. The Balaban J connectivity index is 1.48. The van der Waals surface area contributed by atoms with Gasteiger partial charge in [-0.05, 0) is 48.5 Å². The van der Waals surface area contributed by atoms with Crippen molar-refractivity contribution < 1.29 is 19.0 Å². The lowest BCUT2D eigenvalue weighted by Crippen LogP contribution is -2.31. The number of carbonyl (C=O) groups excluding carboxylic acids is 1. The Morgan fingerprint density at radius 3 is 1.97 bits per heavy atom. The number of carbonyl (C=O) groups is 1. The third kappa shape index (κ3) is 6.14. The van der Waals surface area contributed by atoms with Crippen molar-refractivity contribution in [3.63, 3.8) is 0 Å². The topological polar surface area (TPSA) is 149 Å². The van der Waals surface area contributed by atoms with Crippen molar-refractivity contribution in [3.8, 4) is 17.2 Å². The number of benzene rings is 4. The lowest BCUT2D eigenvalue weighted by molar-refractivity contribution is -0.0271. The van der Waals surface area contributed by atoms with Crippen molar-refractivity contribution in [2.75, 3.05) is 29.5 Å². The Morgan fingerprint density at radius 1 is 0.657 bits per heavy atom. The van der Waals surface area contributed by atoms with Crippen LogP contribution in [0.2, 0.25) is 0 Å². The molecule has 4 aromatic rings. The Morgan fingerprint density at radius 2 is 1.31 bits per heavy atom.